The first-order valence-electron chi connectivity index (χ1n) is 7.86. The third kappa shape index (κ3) is 3.91. The summed E-state index contributed by atoms with van der Waals surface area (Å²) in [6.45, 7) is 4.85. The zero-order chi connectivity index (χ0) is 18.8. The molecule has 0 saturated heterocycles. The molecule has 0 bridgehead atoms. The van der Waals surface area contributed by atoms with Gasteiger partial charge in [0.25, 0.3) is 0 Å². The fourth-order valence-corrected chi connectivity index (χ4v) is 3.76. The van der Waals surface area contributed by atoms with E-state index in [9.17, 15) is 0 Å². The van der Waals surface area contributed by atoms with Crippen molar-refractivity contribution in [2.75, 3.05) is 13.6 Å². The van der Waals surface area contributed by atoms with Gasteiger partial charge in [0.05, 0.1) is 32.5 Å². The third-order valence-electron chi connectivity index (χ3n) is 3.84. The van der Waals surface area contributed by atoms with Gasteiger partial charge in [-0.3, -0.25) is 0 Å². The van der Waals surface area contributed by atoms with Crippen molar-refractivity contribution in [3.63, 3.8) is 0 Å². The fourth-order valence-electron chi connectivity index (χ4n) is 2.23. The number of aliphatic imine (C=N–C) groups is 1. The summed E-state index contributed by atoms with van der Waals surface area (Å²) in [5.41, 5.74) is 2.22. The molecule has 0 aliphatic rings. The molecule has 26 heavy (non-hydrogen) atoms. The molecule has 3 aromatic rings. The average Bonchev–Trinajstić information content (AvgIpc) is 3.04. The first kappa shape index (κ1) is 19.2. The van der Waals surface area contributed by atoms with Crippen LogP contribution in [0.4, 0.5) is 5.69 Å². The minimum absolute atomic E-state index is 0.504. The molecule has 0 unspecified atom stereocenters. The van der Waals surface area contributed by atoms with Gasteiger partial charge in [-0.25, -0.2) is 4.99 Å². The topological polar surface area (TPSA) is 37.7 Å². The smallest absolute Gasteiger partial charge is 0.209 e. The Hall–Kier alpha value is -1.53. The van der Waals surface area contributed by atoms with Crippen molar-refractivity contribution in [1.29, 1.82) is 0 Å². The maximum atomic E-state index is 6.37. The Labute approximate surface area is 171 Å². The van der Waals surface area contributed by atoms with Crippen molar-refractivity contribution in [3.05, 3.63) is 44.9 Å². The van der Waals surface area contributed by atoms with Crippen molar-refractivity contribution in [2.24, 2.45) is 4.99 Å². The van der Waals surface area contributed by atoms with Crippen LogP contribution in [0.5, 0.6) is 10.8 Å². The van der Waals surface area contributed by atoms with Gasteiger partial charge in [0.2, 0.25) is 5.06 Å². The highest BCUT2D eigenvalue weighted by molar-refractivity contribution is 7.09. The van der Waals surface area contributed by atoms with E-state index in [2.05, 4.69) is 9.37 Å². The van der Waals surface area contributed by atoms with Crippen LogP contribution in [0.1, 0.15) is 12.5 Å². The Morgan fingerprint density at radius 1 is 1.19 bits per heavy atom. The number of aromatic nitrogens is 1. The summed E-state index contributed by atoms with van der Waals surface area (Å²) in [7, 11) is 1.95. The summed E-state index contributed by atoms with van der Waals surface area (Å²) in [5, 5.41) is 2.86. The van der Waals surface area contributed by atoms with E-state index in [4.69, 9.17) is 39.5 Å². The van der Waals surface area contributed by atoms with Crippen molar-refractivity contribution < 1.29 is 4.74 Å². The van der Waals surface area contributed by atoms with Crippen LogP contribution in [-0.4, -0.2) is 29.2 Å². The number of benzene rings is 2. The van der Waals surface area contributed by atoms with Crippen LogP contribution in [0.2, 0.25) is 15.1 Å². The van der Waals surface area contributed by atoms with Gasteiger partial charge < -0.3 is 9.64 Å². The molecule has 0 aliphatic carbocycles. The van der Waals surface area contributed by atoms with Crippen LogP contribution >= 0.6 is 46.3 Å². The lowest BCUT2D eigenvalue weighted by Crippen LogP contribution is -2.14. The highest BCUT2D eigenvalue weighted by atomic mass is 35.5. The Morgan fingerprint density at radius 2 is 1.92 bits per heavy atom. The second-order valence-electron chi connectivity index (χ2n) is 5.71. The van der Waals surface area contributed by atoms with Crippen molar-refractivity contribution in [3.8, 4) is 10.8 Å². The van der Waals surface area contributed by atoms with E-state index in [1.54, 1.807) is 24.5 Å². The van der Waals surface area contributed by atoms with Gasteiger partial charge >= 0.3 is 0 Å². The average molecular weight is 429 g/mol. The van der Waals surface area contributed by atoms with Gasteiger partial charge in [-0.05, 0) is 37.6 Å². The van der Waals surface area contributed by atoms with E-state index in [1.807, 2.05) is 31.9 Å². The van der Waals surface area contributed by atoms with E-state index in [0.29, 0.717) is 42.5 Å². The maximum Gasteiger partial charge on any atom is 0.209 e. The van der Waals surface area contributed by atoms with E-state index in [1.165, 1.54) is 11.5 Å². The molecule has 1 aromatic heterocycles. The standard InChI is InChI=1S/C18H16Cl3N3OS/c1-4-24(3)9-22-14-7-10(2)15(8-13(14)21)25-18-16-11(19)5-6-12(20)17(16)23-26-18/h5-9H,4H2,1-3H3/b22-9-. The second-order valence-corrected chi connectivity index (χ2v) is 7.67. The summed E-state index contributed by atoms with van der Waals surface area (Å²) in [5.74, 6) is 0.624. The number of hydrogen-bond donors (Lipinski definition) is 0. The predicted molar refractivity (Wildman–Crippen MR) is 112 cm³/mol. The molecular formula is C18H16Cl3N3OS. The lowest BCUT2D eigenvalue weighted by Gasteiger charge is -2.11. The van der Waals surface area contributed by atoms with Crippen LogP contribution in [0.15, 0.2) is 29.3 Å². The second kappa shape index (κ2) is 8.01. The molecule has 0 spiro atoms. The number of ether oxygens (including phenoxy) is 1. The largest absolute Gasteiger partial charge is 0.444 e. The summed E-state index contributed by atoms with van der Waals surface area (Å²) >= 11 is 20.1. The predicted octanol–water partition coefficient (Wildman–Crippen LogP) is 6.97. The number of fused-ring (bicyclic) bond motifs is 1. The summed E-state index contributed by atoms with van der Waals surface area (Å²) in [6, 6.07) is 7.09. The Bertz CT molecular complexity index is 987. The van der Waals surface area contributed by atoms with E-state index in [0.717, 1.165) is 12.1 Å². The number of aryl methyl sites for hydroxylation is 1. The number of hydrogen-bond acceptors (Lipinski definition) is 4. The van der Waals surface area contributed by atoms with E-state index < -0.39 is 0 Å². The van der Waals surface area contributed by atoms with Gasteiger partial charge in [0.1, 0.15) is 11.3 Å². The molecule has 0 amide bonds. The molecule has 4 nitrogen and oxygen atoms in total. The zero-order valence-electron chi connectivity index (χ0n) is 14.4. The Morgan fingerprint density at radius 3 is 2.65 bits per heavy atom. The Kier molecular flexibility index (Phi) is 5.92. The first-order valence-corrected chi connectivity index (χ1v) is 9.77. The number of halogens is 3. The van der Waals surface area contributed by atoms with Crippen LogP contribution in [0, 0.1) is 6.92 Å². The van der Waals surface area contributed by atoms with Gasteiger partial charge in [-0.15, -0.1) is 0 Å². The highest BCUT2D eigenvalue weighted by Gasteiger charge is 2.16. The lowest BCUT2D eigenvalue weighted by atomic mass is 10.2. The maximum absolute atomic E-state index is 6.37. The highest BCUT2D eigenvalue weighted by Crippen LogP contribution is 2.43. The van der Waals surface area contributed by atoms with Gasteiger partial charge in [-0.1, -0.05) is 34.8 Å². The monoisotopic (exact) mass is 427 g/mol. The molecular weight excluding hydrogens is 413 g/mol. The van der Waals surface area contributed by atoms with Gasteiger partial charge in [0, 0.05) is 31.2 Å². The molecule has 0 saturated carbocycles. The van der Waals surface area contributed by atoms with Crippen molar-refractivity contribution >= 4 is 69.3 Å². The molecule has 3 rings (SSSR count). The van der Waals surface area contributed by atoms with Crippen LogP contribution in [0.3, 0.4) is 0 Å². The van der Waals surface area contributed by atoms with Crippen LogP contribution in [-0.2, 0) is 0 Å². The molecule has 0 aliphatic heterocycles. The SMILES string of the molecule is CCN(C)/C=N\c1cc(C)c(Oc2snc3c(Cl)ccc(Cl)c23)cc1Cl. The normalized spacial score (nSPS) is 11.5. The van der Waals surface area contributed by atoms with Crippen LogP contribution in [0.25, 0.3) is 10.9 Å². The molecule has 0 N–H and O–H groups in total. The fraction of sp³-hybridized carbons (Fsp3) is 0.222. The molecule has 136 valence electrons. The summed E-state index contributed by atoms with van der Waals surface area (Å²) in [6.07, 6.45) is 1.75. The van der Waals surface area contributed by atoms with E-state index in [-0.39, 0.29) is 0 Å². The van der Waals surface area contributed by atoms with Gasteiger partial charge in [-0.2, -0.15) is 4.37 Å². The molecule has 2 aromatic carbocycles. The minimum atomic E-state index is 0.504. The molecule has 8 heteroatoms. The quantitative estimate of drug-likeness (QED) is 0.325. The number of nitrogens with zero attached hydrogens (tertiary/aromatic N) is 3. The van der Waals surface area contributed by atoms with Crippen LogP contribution < -0.4 is 4.74 Å². The molecule has 0 atom stereocenters. The van der Waals surface area contributed by atoms with Crippen molar-refractivity contribution in [2.45, 2.75) is 13.8 Å². The van der Waals surface area contributed by atoms with Crippen molar-refractivity contribution in [1.82, 2.24) is 9.27 Å². The first-order chi connectivity index (χ1) is 12.4. The lowest BCUT2D eigenvalue weighted by molar-refractivity contribution is 0.497. The Balaban J connectivity index is 1.95. The summed E-state index contributed by atoms with van der Waals surface area (Å²) in [4.78, 5) is 6.38. The minimum Gasteiger partial charge on any atom is -0.444 e. The van der Waals surface area contributed by atoms with E-state index >= 15 is 0 Å². The molecule has 0 radical (unpaired) electrons. The third-order valence-corrected chi connectivity index (χ3v) is 5.49. The number of rotatable bonds is 5. The zero-order valence-corrected chi connectivity index (χ0v) is 17.5. The summed E-state index contributed by atoms with van der Waals surface area (Å²) < 4.78 is 10.4. The molecule has 0 fully saturated rings. The molecule has 1 heterocycles. The van der Waals surface area contributed by atoms with Gasteiger partial charge in [0.15, 0.2) is 0 Å².